The number of carboxylic acid groups (broad SMARTS) is 1. The first-order valence-electron chi connectivity index (χ1n) is 5.85. The third-order valence-corrected chi connectivity index (χ3v) is 3.78. The monoisotopic (exact) mass is 209 g/mol. The van der Waals surface area contributed by atoms with Gasteiger partial charge < -0.3 is 5.11 Å². The largest absolute Gasteiger partial charge is 0.481 e. The predicted molar refractivity (Wildman–Crippen MR) is 58.7 cm³/mol. The fourth-order valence-corrected chi connectivity index (χ4v) is 2.83. The molecule has 1 saturated heterocycles. The lowest BCUT2D eigenvalue weighted by molar-refractivity contribution is -0.142. The van der Waals surface area contributed by atoms with Gasteiger partial charge in [-0.25, -0.2) is 0 Å². The molecule has 3 atom stereocenters. The Labute approximate surface area is 90.8 Å². The van der Waals surface area contributed by atoms with E-state index < -0.39 is 5.97 Å². The molecular formula is C12H19NO2. The number of aliphatic carboxylic acids is 1. The fourth-order valence-electron chi connectivity index (χ4n) is 2.83. The van der Waals surface area contributed by atoms with Crippen molar-refractivity contribution in [2.75, 3.05) is 6.54 Å². The van der Waals surface area contributed by atoms with E-state index in [1.165, 1.54) is 19.3 Å². The van der Waals surface area contributed by atoms with Crippen molar-refractivity contribution in [3.8, 4) is 0 Å². The molecule has 0 bridgehead atoms. The molecule has 0 saturated carbocycles. The number of rotatable bonds is 2. The minimum Gasteiger partial charge on any atom is -0.481 e. The van der Waals surface area contributed by atoms with Crippen molar-refractivity contribution < 1.29 is 9.90 Å². The summed E-state index contributed by atoms with van der Waals surface area (Å²) in [5.74, 6) is -0.801. The minimum absolute atomic E-state index is 0.166. The van der Waals surface area contributed by atoms with Crippen molar-refractivity contribution in [2.24, 2.45) is 5.92 Å². The lowest BCUT2D eigenvalue weighted by atomic mass is 9.98. The molecule has 2 aliphatic rings. The zero-order chi connectivity index (χ0) is 10.8. The van der Waals surface area contributed by atoms with Gasteiger partial charge in [0, 0.05) is 12.1 Å². The van der Waals surface area contributed by atoms with Gasteiger partial charge in [-0.05, 0) is 39.2 Å². The van der Waals surface area contributed by atoms with Crippen LogP contribution in [0.15, 0.2) is 12.2 Å². The van der Waals surface area contributed by atoms with E-state index >= 15 is 0 Å². The average Bonchev–Trinajstić information content (AvgIpc) is 2.61. The Morgan fingerprint density at radius 3 is 2.80 bits per heavy atom. The standard InChI is InChI=1S/C12H19NO2/c1-9-11(12(14)15)7-8-13(9)10-5-3-2-4-6-10/h3,5,9-11H,2,4,6-8H2,1H3,(H,14,15). The van der Waals surface area contributed by atoms with E-state index in [0.29, 0.717) is 6.04 Å². The summed E-state index contributed by atoms with van der Waals surface area (Å²) < 4.78 is 0. The third kappa shape index (κ3) is 2.07. The van der Waals surface area contributed by atoms with Gasteiger partial charge in [-0.1, -0.05) is 12.2 Å². The van der Waals surface area contributed by atoms with Crippen molar-refractivity contribution in [3.63, 3.8) is 0 Å². The molecule has 3 heteroatoms. The Morgan fingerprint density at radius 2 is 2.27 bits per heavy atom. The topological polar surface area (TPSA) is 40.5 Å². The zero-order valence-corrected chi connectivity index (χ0v) is 9.22. The van der Waals surface area contributed by atoms with Crippen molar-refractivity contribution >= 4 is 5.97 Å². The molecule has 3 nitrogen and oxygen atoms in total. The van der Waals surface area contributed by atoms with Crippen LogP contribution < -0.4 is 0 Å². The van der Waals surface area contributed by atoms with Gasteiger partial charge in [-0.15, -0.1) is 0 Å². The summed E-state index contributed by atoms with van der Waals surface area (Å²) in [4.78, 5) is 13.4. The molecule has 84 valence electrons. The minimum atomic E-state index is -0.634. The van der Waals surface area contributed by atoms with Gasteiger partial charge in [0.2, 0.25) is 0 Å². The van der Waals surface area contributed by atoms with Gasteiger partial charge in [-0.3, -0.25) is 9.69 Å². The molecule has 15 heavy (non-hydrogen) atoms. The summed E-state index contributed by atoms with van der Waals surface area (Å²) in [5.41, 5.74) is 0. The van der Waals surface area contributed by atoms with E-state index in [-0.39, 0.29) is 12.0 Å². The molecule has 2 rings (SSSR count). The summed E-state index contributed by atoms with van der Waals surface area (Å²) in [5, 5.41) is 9.06. The van der Waals surface area contributed by atoms with Crippen LogP contribution in [-0.2, 0) is 4.79 Å². The van der Waals surface area contributed by atoms with Crippen LogP contribution in [0.25, 0.3) is 0 Å². The molecule has 0 amide bonds. The van der Waals surface area contributed by atoms with Crippen LogP contribution in [0.2, 0.25) is 0 Å². The maximum Gasteiger partial charge on any atom is 0.308 e. The number of hydrogen-bond donors (Lipinski definition) is 1. The Morgan fingerprint density at radius 1 is 1.47 bits per heavy atom. The molecule has 1 heterocycles. The molecule has 0 aromatic heterocycles. The van der Waals surface area contributed by atoms with Crippen molar-refractivity contribution in [1.29, 1.82) is 0 Å². The van der Waals surface area contributed by atoms with Gasteiger partial charge >= 0.3 is 5.97 Å². The lowest BCUT2D eigenvalue weighted by Gasteiger charge is -2.31. The van der Waals surface area contributed by atoms with Crippen LogP contribution in [-0.4, -0.2) is 34.6 Å². The van der Waals surface area contributed by atoms with Crippen LogP contribution in [0, 0.1) is 5.92 Å². The summed E-state index contributed by atoms with van der Waals surface area (Å²) >= 11 is 0. The van der Waals surface area contributed by atoms with Gasteiger partial charge in [0.1, 0.15) is 0 Å². The molecule has 0 spiro atoms. The van der Waals surface area contributed by atoms with Gasteiger partial charge in [-0.2, -0.15) is 0 Å². The van der Waals surface area contributed by atoms with Crippen molar-refractivity contribution in [3.05, 3.63) is 12.2 Å². The van der Waals surface area contributed by atoms with E-state index in [1.807, 2.05) is 6.92 Å². The Hall–Kier alpha value is -0.830. The third-order valence-electron chi connectivity index (χ3n) is 3.78. The molecule has 1 aliphatic carbocycles. The van der Waals surface area contributed by atoms with E-state index in [4.69, 9.17) is 5.11 Å². The average molecular weight is 209 g/mol. The Kier molecular flexibility index (Phi) is 3.10. The Balaban J connectivity index is 2.02. The second kappa shape index (κ2) is 4.35. The molecule has 0 aromatic rings. The van der Waals surface area contributed by atoms with E-state index in [9.17, 15) is 4.79 Å². The van der Waals surface area contributed by atoms with Gasteiger partial charge in [0.25, 0.3) is 0 Å². The number of allylic oxidation sites excluding steroid dienone is 1. The van der Waals surface area contributed by atoms with Crippen LogP contribution in [0.5, 0.6) is 0 Å². The summed E-state index contributed by atoms with van der Waals surface area (Å²) in [6.07, 6.45) is 8.90. The van der Waals surface area contributed by atoms with Crippen LogP contribution in [0.4, 0.5) is 0 Å². The SMILES string of the molecule is CC1C(C(=O)O)CCN1C1C=CCCC1. The highest BCUT2D eigenvalue weighted by Gasteiger charge is 2.38. The first-order valence-corrected chi connectivity index (χ1v) is 5.85. The highest BCUT2D eigenvalue weighted by molar-refractivity contribution is 5.71. The van der Waals surface area contributed by atoms with E-state index in [0.717, 1.165) is 13.0 Å². The number of nitrogens with zero attached hydrogens (tertiary/aromatic N) is 1. The van der Waals surface area contributed by atoms with Crippen LogP contribution in [0.1, 0.15) is 32.6 Å². The first-order chi connectivity index (χ1) is 7.20. The number of hydrogen-bond acceptors (Lipinski definition) is 2. The van der Waals surface area contributed by atoms with E-state index in [1.54, 1.807) is 0 Å². The van der Waals surface area contributed by atoms with Gasteiger partial charge in [0.15, 0.2) is 0 Å². The number of likely N-dealkylation sites (tertiary alicyclic amines) is 1. The fraction of sp³-hybridized carbons (Fsp3) is 0.750. The predicted octanol–water partition coefficient (Wildman–Crippen LogP) is 1.89. The maximum absolute atomic E-state index is 11.0. The molecule has 0 aromatic carbocycles. The first kappa shape index (κ1) is 10.7. The molecule has 1 fully saturated rings. The van der Waals surface area contributed by atoms with E-state index in [2.05, 4.69) is 17.1 Å². The number of carboxylic acids is 1. The van der Waals surface area contributed by atoms with Crippen LogP contribution in [0.3, 0.4) is 0 Å². The smallest absolute Gasteiger partial charge is 0.308 e. The quantitative estimate of drug-likeness (QED) is 0.706. The zero-order valence-electron chi connectivity index (χ0n) is 9.22. The highest BCUT2D eigenvalue weighted by atomic mass is 16.4. The normalized spacial score (nSPS) is 37.0. The van der Waals surface area contributed by atoms with Gasteiger partial charge in [0.05, 0.1) is 5.92 Å². The summed E-state index contributed by atoms with van der Waals surface area (Å²) in [7, 11) is 0. The van der Waals surface area contributed by atoms with Crippen molar-refractivity contribution in [2.45, 2.75) is 44.7 Å². The number of carbonyl (C=O) groups is 1. The molecule has 1 aliphatic heterocycles. The van der Waals surface area contributed by atoms with Crippen molar-refractivity contribution in [1.82, 2.24) is 4.90 Å². The second-order valence-electron chi connectivity index (χ2n) is 4.64. The molecular weight excluding hydrogens is 190 g/mol. The molecule has 0 radical (unpaired) electrons. The highest BCUT2D eigenvalue weighted by Crippen LogP contribution is 2.29. The maximum atomic E-state index is 11.0. The van der Waals surface area contributed by atoms with Crippen LogP contribution >= 0.6 is 0 Å². The summed E-state index contributed by atoms with van der Waals surface area (Å²) in [6, 6.07) is 0.674. The lowest BCUT2D eigenvalue weighted by Crippen LogP contribution is -2.40. The molecule has 1 N–H and O–H groups in total. The Bertz CT molecular complexity index is 275. The molecule has 3 unspecified atom stereocenters. The summed E-state index contributed by atoms with van der Waals surface area (Å²) in [6.45, 7) is 2.99. The second-order valence-corrected chi connectivity index (χ2v) is 4.64.